The second-order valence-corrected chi connectivity index (χ2v) is 5.27. The van der Waals surface area contributed by atoms with E-state index in [2.05, 4.69) is 38.8 Å². The Balaban J connectivity index is 2.68. The van der Waals surface area contributed by atoms with Gasteiger partial charge in [0.25, 0.3) is 0 Å². The minimum atomic E-state index is 0.219. The van der Waals surface area contributed by atoms with Crippen molar-refractivity contribution in [3.05, 3.63) is 32.7 Å². The number of carbonyl (C=O) groups excluding carboxylic acids is 1. The van der Waals surface area contributed by atoms with Gasteiger partial charge >= 0.3 is 0 Å². The molecule has 1 rings (SSSR count). The number of rotatable bonds is 5. The number of hydrogen-bond donors (Lipinski definition) is 0. The average molecular weight is 334 g/mol. The number of benzene rings is 1. The largest absolute Gasteiger partial charge is 0.294 e. The van der Waals surface area contributed by atoms with E-state index in [9.17, 15) is 4.79 Å². The van der Waals surface area contributed by atoms with Crippen LogP contribution in [-0.2, 0) is 0 Å². The van der Waals surface area contributed by atoms with Crippen LogP contribution in [0.15, 0.2) is 27.1 Å². The third kappa shape index (κ3) is 4.07. The molecule has 0 aromatic heterocycles. The van der Waals surface area contributed by atoms with Crippen LogP contribution in [0.2, 0.25) is 0 Å². The van der Waals surface area contributed by atoms with Crippen molar-refractivity contribution in [3.8, 4) is 0 Å². The molecule has 0 unspecified atom stereocenters. The Bertz CT molecular complexity index is 347. The molecule has 0 radical (unpaired) electrons. The highest BCUT2D eigenvalue weighted by Crippen LogP contribution is 2.23. The Morgan fingerprint density at radius 2 is 2.00 bits per heavy atom. The first-order valence-electron chi connectivity index (χ1n) is 5.13. The van der Waals surface area contributed by atoms with Crippen molar-refractivity contribution in [1.82, 2.24) is 0 Å². The first-order chi connectivity index (χ1) is 7.15. The van der Waals surface area contributed by atoms with E-state index in [1.165, 1.54) is 0 Å². The maximum Gasteiger partial charge on any atom is 0.164 e. The van der Waals surface area contributed by atoms with Crippen LogP contribution >= 0.6 is 31.9 Å². The molecule has 0 fully saturated rings. The molecule has 0 N–H and O–H groups in total. The van der Waals surface area contributed by atoms with Gasteiger partial charge in [-0.3, -0.25) is 4.79 Å². The molecule has 1 nitrogen and oxygen atoms in total. The van der Waals surface area contributed by atoms with Crippen LogP contribution in [0.3, 0.4) is 0 Å². The molecule has 0 heterocycles. The van der Waals surface area contributed by atoms with Crippen LogP contribution in [-0.4, -0.2) is 5.78 Å². The summed E-state index contributed by atoms with van der Waals surface area (Å²) in [5.74, 6) is 0.219. The van der Waals surface area contributed by atoms with Crippen LogP contribution in [0.4, 0.5) is 0 Å². The molecular weight excluding hydrogens is 320 g/mol. The number of halogens is 2. The Morgan fingerprint density at radius 1 is 1.27 bits per heavy atom. The first kappa shape index (κ1) is 12.9. The predicted molar refractivity (Wildman–Crippen MR) is 70.3 cm³/mol. The molecule has 0 saturated carbocycles. The van der Waals surface area contributed by atoms with E-state index in [1.807, 2.05) is 18.2 Å². The summed E-state index contributed by atoms with van der Waals surface area (Å²) >= 11 is 6.77. The van der Waals surface area contributed by atoms with E-state index in [0.717, 1.165) is 33.8 Å². The van der Waals surface area contributed by atoms with Crippen molar-refractivity contribution in [2.75, 3.05) is 0 Å². The Hall–Kier alpha value is -0.150. The van der Waals surface area contributed by atoms with Gasteiger partial charge in [-0.25, -0.2) is 0 Å². The molecule has 1 aromatic rings. The molecule has 0 aliphatic rings. The molecule has 1 aromatic carbocycles. The van der Waals surface area contributed by atoms with Crippen LogP contribution in [0.1, 0.15) is 43.0 Å². The Kier molecular flexibility index (Phi) is 5.54. The molecule has 0 amide bonds. The van der Waals surface area contributed by atoms with Gasteiger partial charge in [0.15, 0.2) is 5.78 Å². The van der Waals surface area contributed by atoms with Crippen molar-refractivity contribution in [3.63, 3.8) is 0 Å². The number of Topliss-reactive ketones (excluding diaryl/α,β-unsaturated/α-hetero) is 1. The van der Waals surface area contributed by atoms with Crippen molar-refractivity contribution in [2.45, 2.75) is 32.6 Å². The van der Waals surface area contributed by atoms with E-state index < -0.39 is 0 Å². The van der Waals surface area contributed by atoms with E-state index >= 15 is 0 Å². The monoisotopic (exact) mass is 332 g/mol. The third-order valence-electron chi connectivity index (χ3n) is 2.24. The fourth-order valence-corrected chi connectivity index (χ4v) is 2.21. The molecule has 0 bridgehead atoms. The quantitative estimate of drug-likeness (QED) is 0.549. The van der Waals surface area contributed by atoms with Gasteiger partial charge in [0.05, 0.1) is 0 Å². The van der Waals surface area contributed by atoms with Crippen LogP contribution in [0, 0.1) is 0 Å². The minimum absolute atomic E-state index is 0.219. The second-order valence-electron chi connectivity index (χ2n) is 3.50. The summed E-state index contributed by atoms with van der Waals surface area (Å²) in [4.78, 5) is 11.8. The highest BCUT2D eigenvalue weighted by atomic mass is 79.9. The zero-order chi connectivity index (χ0) is 11.3. The lowest BCUT2D eigenvalue weighted by atomic mass is 10.1. The molecule has 0 aliphatic carbocycles. The number of hydrogen-bond acceptors (Lipinski definition) is 1. The van der Waals surface area contributed by atoms with Crippen LogP contribution < -0.4 is 0 Å². The maximum atomic E-state index is 11.8. The topological polar surface area (TPSA) is 17.1 Å². The van der Waals surface area contributed by atoms with Gasteiger partial charge in [-0.05, 0) is 24.6 Å². The van der Waals surface area contributed by atoms with Gasteiger partial charge < -0.3 is 0 Å². The van der Waals surface area contributed by atoms with Gasteiger partial charge in [-0.15, -0.1) is 0 Å². The van der Waals surface area contributed by atoms with Gasteiger partial charge in [-0.2, -0.15) is 0 Å². The van der Waals surface area contributed by atoms with Crippen molar-refractivity contribution in [2.24, 2.45) is 0 Å². The number of carbonyl (C=O) groups is 1. The molecule has 3 heteroatoms. The van der Waals surface area contributed by atoms with Gasteiger partial charge in [0.2, 0.25) is 0 Å². The summed E-state index contributed by atoms with van der Waals surface area (Å²) < 4.78 is 1.83. The number of ketones is 1. The average Bonchev–Trinajstić information content (AvgIpc) is 2.22. The lowest BCUT2D eigenvalue weighted by Gasteiger charge is -2.04. The van der Waals surface area contributed by atoms with Gasteiger partial charge in [0, 0.05) is 20.9 Å². The summed E-state index contributed by atoms with van der Waals surface area (Å²) in [6, 6.07) is 5.70. The highest BCUT2D eigenvalue weighted by Gasteiger charge is 2.09. The molecule has 0 spiro atoms. The Morgan fingerprint density at radius 3 is 2.67 bits per heavy atom. The summed E-state index contributed by atoms with van der Waals surface area (Å²) in [6.45, 7) is 2.14. The Labute approximate surface area is 108 Å². The fourth-order valence-electron chi connectivity index (χ4n) is 1.38. The molecule has 0 atom stereocenters. The second kappa shape index (κ2) is 6.44. The first-order valence-corrected chi connectivity index (χ1v) is 6.72. The highest BCUT2D eigenvalue weighted by molar-refractivity contribution is 9.11. The summed E-state index contributed by atoms with van der Waals surface area (Å²) in [6.07, 6.45) is 3.89. The smallest absolute Gasteiger partial charge is 0.164 e. The van der Waals surface area contributed by atoms with Gasteiger partial charge in [-0.1, -0.05) is 51.6 Å². The molecular formula is C12H14Br2O. The van der Waals surface area contributed by atoms with Gasteiger partial charge in [0.1, 0.15) is 0 Å². The zero-order valence-corrected chi connectivity index (χ0v) is 11.9. The molecule has 15 heavy (non-hydrogen) atoms. The SMILES string of the molecule is CCCCCC(=O)c1cc(Br)ccc1Br. The van der Waals surface area contributed by atoms with E-state index in [-0.39, 0.29) is 5.78 Å². The lowest BCUT2D eigenvalue weighted by molar-refractivity contribution is 0.0978. The molecule has 82 valence electrons. The maximum absolute atomic E-state index is 11.8. The third-order valence-corrected chi connectivity index (χ3v) is 3.42. The van der Waals surface area contributed by atoms with Crippen LogP contribution in [0.5, 0.6) is 0 Å². The summed E-state index contributed by atoms with van der Waals surface area (Å²) in [5.41, 5.74) is 0.778. The standard InChI is InChI=1S/C12H14Br2O/c1-2-3-4-5-12(15)10-8-9(13)6-7-11(10)14/h6-8H,2-5H2,1H3. The van der Waals surface area contributed by atoms with E-state index in [0.29, 0.717) is 6.42 Å². The van der Waals surface area contributed by atoms with Crippen molar-refractivity contribution < 1.29 is 4.79 Å². The fraction of sp³-hybridized carbons (Fsp3) is 0.417. The van der Waals surface area contributed by atoms with E-state index in [1.54, 1.807) is 0 Å². The zero-order valence-electron chi connectivity index (χ0n) is 8.72. The summed E-state index contributed by atoms with van der Waals surface area (Å²) in [7, 11) is 0. The lowest BCUT2D eigenvalue weighted by Crippen LogP contribution is -2.00. The van der Waals surface area contributed by atoms with Crippen molar-refractivity contribution in [1.29, 1.82) is 0 Å². The number of unbranched alkanes of at least 4 members (excludes halogenated alkanes) is 2. The normalized spacial score (nSPS) is 10.3. The van der Waals surface area contributed by atoms with E-state index in [4.69, 9.17) is 0 Å². The summed E-state index contributed by atoms with van der Waals surface area (Å²) in [5, 5.41) is 0. The predicted octanol–water partition coefficient (Wildman–Crippen LogP) is 4.97. The molecule has 0 aliphatic heterocycles. The molecule has 0 saturated heterocycles. The minimum Gasteiger partial charge on any atom is -0.294 e. The van der Waals surface area contributed by atoms with Crippen LogP contribution in [0.25, 0.3) is 0 Å². The van der Waals surface area contributed by atoms with Crippen molar-refractivity contribution >= 4 is 37.6 Å².